The van der Waals surface area contributed by atoms with Crippen molar-refractivity contribution < 1.29 is 0 Å². The van der Waals surface area contributed by atoms with Crippen LogP contribution in [-0.4, -0.2) is 29.0 Å². The van der Waals surface area contributed by atoms with Gasteiger partial charge < -0.3 is 0 Å². The fourth-order valence-corrected chi connectivity index (χ4v) is 3.06. The Morgan fingerprint density at radius 1 is 1.33 bits per heavy atom. The van der Waals surface area contributed by atoms with E-state index in [-0.39, 0.29) is 0 Å². The van der Waals surface area contributed by atoms with E-state index < -0.39 is 0 Å². The van der Waals surface area contributed by atoms with Gasteiger partial charge in [0, 0.05) is 25.0 Å². The second-order valence-electron chi connectivity index (χ2n) is 4.95. The molecule has 0 aromatic carbocycles. The molecule has 80 valence electrons. The summed E-state index contributed by atoms with van der Waals surface area (Å²) in [6.07, 6.45) is 9.34. The highest BCUT2D eigenvalue weighted by atomic mass is 15.2. The Morgan fingerprint density at radius 2 is 2.33 bits per heavy atom. The highest BCUT2D eigenvalue weighted by molar-refractivity contribution is 5.11. The minimum Gasteiger partial charge on any atom is -0.300 e. The van der Waals surface area contributed by atoms with Crippen molar-refractivity contribution in [3.8, 4) is 0 Å². The van der Waals surface area contributed by atoms with Gasteiger partial charge >= 0.3 is 0 Å². The molecule has 2 saturated heterocycles. The van der Waals surface area contributed by atoms with E-state index in [1.165, 1.54) is 44.3 Å². The molecule has 3 atom stereocenters. The number of hydrogen-bond acceptors (Lipinski definition) is 2. The van der Waals surface area contributed by atoms with Crippen LogP contribution in [0.1, 0.15) is 24.8 Å². The Morgan fingerprint density at radius 3 is 3.20 bits per heavy atom. The van der Waals surface area contributed by atoms with E-state index in [9.17, 15) is 0 Å². The van der Waals surface area contributed by atoms with Gasteiger partial charge in [0.05, 0.1) is 0 Å². The number of aromatic nitrogens is 1. The Hall–Kier alpha value is -0.890. The highest BCUT2D eigenvalue weighted by Crippen LogP contribution is 2.32. The first kappa shape index (κ1) is 9.34. The van der Waals surface area contributed by atoms with E-state index in [0.717, 1.165) is 12.0 Å². The van der Waals surface area contributed by atoms with Crippen LogP contribution in [0.4, 0.5) is 0 Å². The second-order valence-corrected chi connectivity index (χ2v) is 4.95. The molecule has 0 saturated carbocycles. The van der Waals surface area contributed by atoms with Gasteiger partial charge in [-0.25, -0.2) is 0 Å². The standard InChI is InChI=1S/C13H18N2/c1-2-12(9-14-6-1)8-13-4-3-11-5-7-15(13)10-11/h1-2,6,9,11,13H,3-5,7-8,10H2. The van der Waals surface area contributed by atoms with Crippen molar-refractivity contribution >= 4 is 0 Å². The Balaban J connectivity index is 1.68. The average Bonchev–Trinajstić information content (AvgIpc) is 2.67. The molecule has 2 heteroatoms. The van der Waals surface area contributed by atoms with E-state index in [0.29, 0.717) is 0 Å². The van der Waals surface area contributed by atoms with Crippen molar-refractivity contribution in [2.75, 3.05) is 13.1 Å². The lowest BCUT2D eigenvalue weighted by molar-refractivity contribution is 0.180. The third-order valence-electron chi connectivity index (χ3n) is 3.94. The number of piperidine rings is 1. The molecule has 2 nitrogen and oxygen atoms in total. The zero-order chi connectivity index (χ0) is 10.1. The summed E-state index contributed by atoms with van der Waals surface area (Å²) < 4.78 is 0. The van der Waals surface area contributed by atoms with Crippen LogP contribution in [0.5, 0.6) is 0 Å². The number of rotatable bonds is 2. The van der Waals surface area contributed by atoms with E-state index in [1.54, 1.807) is 0 Å². The van der Waals surface area contributed by atoms with Crippen LogP contribution in [0.2, 0.25) is 0 Å². The number of hydrogen-bond donors (Lipinski definition) is 0. The average molecular weight is 202 g/mol. The van der Waals surface area contributed by atoms with Crippen LogP contribution >= 0.6 is 0 Å². The third-order valence-corrected chi connectivity index (χ3v) is 3.94. The molecule has 2 fully saturated rings. The van der Waals surface area contributed by atoms with Gasteiger partial charge in [0.25, 0.3) is 0 Å². The predicted molar refractivity (Wildman–Crippen MR) is 60.6 cm³/mol. The Kier molecular flexibility index (Phi) is 2.45. The zero-order valence-corrected chi connectivity index (χ0v) is 9.10. The molecule has 3 heterocycles. The van der Waals surface area contributed by atoms with Crippen molar-refractivity contribution in [3.05, 3.63) is 30.1 Å². The molecular formula is C13H18N2. The lowest BCUT2D eigenvalue weighted by atomic mass is 9.93. The smallest absolute Gasteiger partial charge is 0.0300 e. The summed E-state index contributed by atoms with van der Waals surface area (Å²) in [6.45, 7) is 2.68. The minimum atomic E-state index is 0.785. The Bertz CT molecular complexity index is 323. The van der Waals surface area contributed by atoms with Crippen LogP contribution in [-0.2, 0) is 6.42 Å². The van der Waals surface area contributed by atoms with Gasteiger partial charge in [-0.3, -0.25) is 9.88 Å². The van der Waals surface area contributed by atoms with Gasteiger partial charge in [-0.1, -0.05) is 6.07 Å². The van der Waals surface area contributed by atoms with Gasteiger partial charge in [-0.2, -0.15) is 0 Å². The first-order chi connectivity index (χ1) is 7.42. The maximum atomic E-state index is 4.19. The molecule has 1 aromatic rings. The van der Waals surface area contributed by atoms with Crippen LogP contribution < -0.4 is 0 Å². The van der Waals surface area contributed by atoms with E-state index >= 15 is 0 Å². The molecule has 0 N–H and O–H groups in total. The van der Waals surface area contributed by atoms with E-state index in [2.05, 4.69) is 16.0 Å². The predicted octanol–water partition coefficient (Wildman–Crippen LogP) is 2.11. The van der Waals surface area contributed by atoms with Gasteiger partial charge in [0.15, 0.2) is 0 Å². The molecule has 0 radical (unpaired) electrons. The van der Waals surface area contributed by atoms with Crippen molar-refractivity contribution in [2.24, 2.45) is 5.92 Å². The maximum absolute atomic E-state index is 4.19. The zero-order valence-electron chi connectivity index (χ0n) is 9.10. The number of pyridine rings is 1. The van der Waals surface area contributed by atoms with Gasteiger partial charge in [0.2, 0.25) is 0 Å². The largest absolute Gasteiger partial charge is 0.300 e. The summed E-state index contributed by atoms with van der Waals surface area (Å²) in [6, 6.07) is 5.04. The summed E-state index contributed by atoms with van der Waals surface area (Å²) in [5.41, 5.74) is 1.40. The third kappa shape index (κ3) is 1.91. The molecule has 3 rings (SSSR count). The van der Waals surface area contributed by atoms with Crippen molar-refractivity contribution in [2.45, 2.75) is 31.7 Å². The van der Waals surface area contributed by atoms with Crippen molar-refractivity contribution in [1.29, 1.82) is 0 Å². The first-order valence-corrected chi connectivity index (χ1v) is 6.05. The Labute approximate surface area is 91.3 Å². The number of fused-ring (bicyclic) bond motifs is 2. The van der Waals surface area contributed by atoms with Gasteiger partial charge in [-0.05, 0) is 49.8 Å². The lowest BCUT2D eigenvalue weighted by Crippen LogP contribution is -2.38. The molecule has 3 unspecified atom stereocenters. The molecule has 2 aliphatic rings. The van der Waals surface area contributed by atoms with Crippen LogP contribution in [0.15, 0.2) is 24.5 Å². The molecular weight excluding hydrogens is 184 g/mol. The molecule has 0 amide bonds. The van der Waals surface area contributed by atoms with E-state index in [4.69, 9.17) is 0 Å². The van der Waals surface area contributed by atoms with Gasteiger partial charge in [0.1, 0.15) is 0 Å². The van der Waals surface area contributed by atoms with Crippen molar-refractivity contribution in [3.63, 3.8) is 0 Å². The quantitative estimate of drug-likeness (QED) is 0.730. The minimum absolute atomic E-state index is 0.785. The normalized spacial score (nSPS) is 34.3. The molecule has 0 spiro atoms. The fourth-order valence-electron chi connectivity index (χ4n) is 3.06. The summed E-state index contributed by atoms with van der Waals surface area (Å²) in [7, 11) is 0. The molecule has 1 aromatic heterocycles. The van der Waals surface area contributed by atoms with E-state index in [1.807, 2.05) is 18.5 Å². The summed E-state index contributed by atoms with van der Waals surface area (Å²) in [5.74, 6) is 1.01. The maximum Gasteiger partial charge on any atom is 0.0300 e. The summed E-state index contributed by atoms with van der Waals surface area (Å²) in [4.78, 5) is 6.87. The van der Waals surface area contributed by atoms with Crippen molar-refractivity contribution in [1.82, 2.24) is 9.88 Å². The monoisotopic (exact) mass is 202 g/mol. The first-order valence-electron chi connectivity index (χ1n) is 6.05. The topological polar surface area (TPSA) is 16.1 Å². The highest BCUT2D eigenvalue weighted by Gasteiger charge is 2.33. The molecule has 2 bridgehead atoms. The molecule has 2 aliphatic heterocycles. The SMILES string of the molecule is c1cncc(CC2CCC3CCN2C3)c1. The summed E-state index contributed by atoms with van der Waals surface area (Å²) in [5, 5.41) is 0. The fraction of sp³-hybridized carbons (Fsp3) is 0.615. The summed E-state index contributed by atoms with van der Waals surface area (Å²) >= 11 is 0. The molecule has 15 heavy (non-hydrogen) atoms. The second kappa shape index (κ2) is 3.93. The van der Waals surface area contributed by atoms with Crippen LogP contribution in [0, 0.1) is 5.92 Å². The lowest BCUT2D eigenvalue weighted by Gasteiger charge is -2.32. The van der Waals surface area contributed by atoms with Gasteiger partial charge in [-0.15, -0.1) is 0 Å². The van der Waals surface area contributed by atoms with Crippen LogP contribution in [0.25, 0.3) is 0 Å². The molecule has 0 aliphatic carbocycles. The number of nitrogens with zero attached hydrogens (tertiary/aromatic N) is 2. The van der Waals surface area contributed by atoms with Crippen LogP contribution in [0.3, 0.4) is 0 Å².